The van der Waals surface area contributed by atoms with E-state index >= 15 is 0 Å². The van der Waals surface area contributed by atoms with Gasteiger partial charge in [-0.05, 0) is 6.42 Å². The maximum Gasteiger partial charge on any atom is 0.228 e. The Kier molecular flexibility index (Phi) is 4.36. The second-order valence-corrected chi connectivity index (χ2v) is 4.83. The smallest absolute Gasteiger partial charge is 0.228 e. The van der Waals surface area contributed by atoms with Gasteiger partial charge in [-0.2, -0.15) is 8.75 Å². The van der Waals surface area contributed by atoms with Gasteiger partial charge in [-0.1, -0.05) is 0 Å². The van der Waals surface area contributed by atoms with Crippen LogP contribution in [0.2, 0.25) is 0 Å². The SMILES string of the molecule is Cl.O=C1CCCN1c1nsnc1N1CCNCC1. The average Bonchev–Trinajstić information content (AvgIpc) is 2.98. The number of anilines is 2. The Labute approximate surface area is 116 Å². The zero-order valence-electron chi connectivity index (χ0n) is 9.96. The highest BCUT2D eigenvalue weighted by Crippen LogP contribution is 2.30. The van der Waals surface area contributed by atoms with E-state index in [1.54, 1.807) is 4.90 Å². The number of carbonyl (C=O) groups excluding carboxylic acids is 1. The monoisotopic (exact) mass is 289 g/mol. The molecular formula is C10H16ClN5OS. The van der Waals surface area contributed by atoms with Crippen molar-refractivity contribution in [3.05, 3.63) is 0 Å². The molecule has 2 fully saturated rings. The lowest BCUT2D eigenvalue weighted by Crippen LogP contribution is -2.44. The van der Waals surface area contributed by atoms with E-state index in [0.29, 0.717) is 6.42 Å². The summed E-state index contributed by atoms with van der Waals surface area (Å²) in [4.78, 5) is 15.7. The summed E-state index contributed by atoms with van der Waals surface area (Å²) in [6.07, 6.45) is 1.57. The lowest BCUT2D eigenvalue weighted by molar-refractivity contribution is -0.117. The first-order valence-electron chi connectivity index (χ1n) is 5.95. The molecular weight excluding hydrogens is 274 g/mol. The predicted octanol–water partition coefficient (Wildman–Crippen LogP) is 0.496. The Balaban J connectivity index is 0.00000120. The van der Waals surface area contributed by atoms with Crippen LogP contribution in [0.25, 0.3) is 0 Å². The third kappa shape index (κ3) is 2.43. The van der Waals surface area contributed by atoms with Crippen molar-refractivity contribution < 1.29 is 4.79 Å². The van der Waals surface area contributed by atoms with E-state index in [2.05, 4.69) is 19.0 Å². The normalized spacial score (nSPS) is 20.1. The summed E-state index contributed by atoms with van der Waals surface area (Å²) < 4.78 is 8.65. The lowest BCUT2D eigenvalue weighted by atomic mass is 10.3. The summed E-state index contributed by atoms with van der Waals surface area (Å²) in [5.41, 5.74) is 0. The maximum absolute atomic E-state index is 11.7. The van der Waals surface area contributed by atoms with Crippen LogP contribution in [0.5, 0.6) is 0 Å². The Hall–Kier alpha value is -0.920. The molecule has 6 nitrogen and oxygen atoms in total. The molecule has 0 spiro atoms. The van der Waals surface area contributed by atoms with Gasteiger partial charge < -0.3 is 10.2 Å². The van der Waals surface area contributed by atoms with Crippen molar-refractivity contribution in [1.82, 2.24) is 14.1 Å². The minimum absolute atomic E-state index is 0. The average molecular weight is 290 g/mol. The Bertz CT molecular complexity index is 420. The molecule has 0 aliphatic carbocycles. The van der Waals surface area contributed by atoms with Crippen LogP contribution < -0.4 is 15.1 Å². The Morgan fingerprint density at radius 1 is 1.11 bits per heavy atom. The van der Waals surface area contributed by atoms with Crippen LogP contribution >= 0.6 is 24.1 Å². The quantitative estimate of drug-likeness (QED) is 0.859. The molecule has 0 aromatic carbocycles. The van der Waals surface area contributed by atoms with Crippen molar-refractivity contribution in [3.8, 4) is 0 Å². The second-order valence-electron chi connectivity index (χ2n) is 4.30. The number of nitrogens with zero attached hydrogens (tertiary/aromatic N) is 4. The number of rotatable bonds is 2. The number of carbonyl (C=O) groups is 1. The molecule has 0 unspecified atom stereocenters. The summed E-state index contributed by atoms with van der Waals surface area (Å²) in [6.45, 7) is 4.57. The van der Waals surface area contributed by atoms with Crippen LogP contribution in [0.4, 0.5) is 11.6 Å². The Morgan fingerprint density at radius 2 is 1.83 bits per heavy atom. The summed E-state index contributed by atoms with van der Waals surface area (Å²) in [5, 5.41) is 3.31. The van der Waals surface area contributed by atoms with Gasteiger partial charge in [-0.3, -0.25) is 9.69 Å². The number of hydrogen-bond donors (Lipinski definition) is 1. The van der Waals surface area contributed by atoms with Crippen molar-refractivity contribution >= 4 is 41.7 Å². The van der Waals surface area contributed by atoms with Crippen LogP contribution in [-0.4, -0.2) is 47.4 Å². The molecule has 2 aliphatic rings. The van der Waals surface area contributed by atoms with Crippen molar-refractivity contribution in [1.29, 1.82) is 0 Å². The van der Waals surface area contributed by atoms with Crippen LogP contribution in [-0.2, 0) is 4.79 Å². The number of nitrogens with one attached hydrogen (secondary N) is 1. The number of aromatic nitrogens is 2. The second kappa shape index (κ2) is 5.81. The van der Waals surface area contributed by atoms with E-state index in [4.69, 9.17) is 0 Å². The van der Waals surface area contributed by atoms with Gasteiger partial charge in [0.1, 0.15) is 0 Å². The highest BCUT2D eigenvalue weighted by Gasteiger charge is 2.29. The molecule has 0 radical (unpaired) electrons. The molecule has 0 bridgehead atoms. The maximum atomic E-state index is 11.7. The molecule has 0 saturated carbocycles. The van der Waals surface area contributed by atoms with Gasteiger partial charge in [0, 0.05) is 39.1 Å². The molecule has 0 atom stereocenters. The molecule has 1 aromatic rings. The summed E-state index contributed by atoms with van der Waals surface area (Å²) in [6, 6.07) is 0. The molecule has 18 heavy (non-hydrogen) atoms. The molecule has 2 saturated heterocycles. The van der Waals surface area contributed by atoms with Gasteiger partial charge in [0.15, 0.2) is 11.6 Å². The first kappa shape index (κ1) is 13.5. The summed E-state index contributed by atoms with van der Waals surface area (Å²) in [7, 11) is 0. The van der Waals surface area contributed by atoms with E-state index in [9.17, 15) is 4.79 Å². The van der Waals surface area contributed by atoms with Crippen LogP contribution in [0, 0.1) is 0 Å². The fraction of sp³-hybridized carbons (Fsp3) is 0.700. The number of halogens is 1. The van der Waals surface area contributed by atoms with Crippen LogP contribution in [0.3, 0.4) is 0 Å². The highest BCUT2D eigenvalue weighted by molar-refractivity contribution is 6.99. The number of hydrogen-bond acceptors (Lipinski definition) is 6. The zero-order valence-corrected chi connectivity index (χ0v) is 11.6. The van der Waals surface area contributed by atoms with E-state index < -0.39 is 0 Å². The van der Waals surface area contributed by atoms with Crippen molar-refractivity contribution in [2.24, 2.45) is 0 Å². The van der Waals surface area contributed by atoms with E-state index in [0.717, 1.165) is 50.8 Å². The topological polar surface area (TPSA) is 61.4 Å². The van der Waals surface area contributed by atoms with Gasteiger partial charge in [-0.15, -0.1) is 12.4 Å². The lowest BCUT2D eigenvalue weighted by Gasteiger charge is -2.28. The first-order chi connectivity index (χ1) is 8.36. The Morgan fingerprint density at radius 3 is 2.50 bits per heavy atom. The molecule has 3 heterocycles. The fourth-order valence-electron chi connectivity index (χ4n) is 2.30. The fourth-order valence-corrected chi connectivity index (χ4v) is 2.87. The minimum Gasteiger partial charge on any atom is -0.350 e. The number of amides is 1. The molecule has 8 heteroatoms. The van der Waals surface area contributed by atoms with E-state index in [-0.39, 0.29) is 18.3 Å². The van der Waals surface area contributed by atoms with E-state index in [1.807, 2.05) is 0 Å². The predicted molar refractivity (Wildman–Crippen MR) is 73.8 cm³/mol. The third-order valence-electron chi connectivity index (χ3n) is 3.20. The van der Waals surface area contributed by atoms with Crippen LogP contribution in [0.15, 0.2) is 0 Å². The molecule has 100 valence electrons. The van der Waals surface area contributed by atoms with Gasteiger partial charge in [0.2, 0.25) is 5.91 Å². The summed E-state index contributed by atoms with van der Waals surface area (Å²) in [5.74, 6) is 1.82. The molecule has 3 rings (SSSR count). The number of piperazine rings is 1. The molecule has 2 aliphatic heterocycles. The van der Waals surface area contributed by atoms with Crippen LogP contribution in [0.1, 0.15) is 12.8 Å². The van der Waals surface area contributed by atoms with Crippen molar-refractivity contribution in [2.75, 3.05) is 42.5 Å². The van der Waals surface area contributed by atoms with Gasteiger partial charge in [0.25, 0.3) is 0 Å². The van der Waals surface area contributed by atoms with Crippen molar-refractivity contribution in [2.45, 2.75) is 12.8 Å². The zero-order chi connectivity index (χ0) is 11.7. The largest absolute Gasteiger partial charge is 0.350 e. The highest BCUT2D eigenvalue weighted by atomic mass is 35.5. The van der Waals surface area contributed by atoms with Crippen molar-refractivity contribution in [3.63, 3.8) is 0 Å². The van der Waals surface area contributed by atoms with E-state index in [1.165, 1.54) is 11.7 Å². The van der Waals surface area contributed by atoms with Gasteiger partial charge in [-0.25, -0.2) is 0 Å². The minimum atomic E-state index is 0. The van der Waals surface area contributed by atoms with Gasteiger partial charge >= 0.3 is 0 Å². The molecule has 1 aromatic heterocycles. The molecule has 1 N–H and O–H groups in total. The first-order valence-corrected chi connectivity index (χ1v) is 6.68. The summed E-state index contributed by atoms with van der Waals surface area (Å²) >= 11 is 1.19. The standard InChI is InChI=1S/C10H15N5OS.ClH/c16-8-2-1-5-15(8)10-9(12-17-13-10)14-6-3-11-4-7-14;/h11H,1-7H2;1H. The van der Waals surface area contributed by atoms with Gasteiger partial charge in [0.05, 0.1) is 11.7 Å². The third-order valence-corrected chi connectivity index (χ3v) is 3.71. The molecule has 1 amide bonds.